The van der Waals surface area contributed by atoms with E-state index >= 15 is 0 Å². The highest BCUT2D eigenvalue weighted by atomic mass is 15.1. The summed E-state index contributed by atoms with van der Waals surface area (Å²) in [6.45, 7) is 6.87. The topological polar surface area (TPSA) is 28.2 Å². The van der Waals surface area contributed by atoms with Gasteiger partial charge in [0.05, 0.1) is 17.9 Å². The molecule has 0 atom stereocenters. The molecule has 0 aliphatic heterocycles. The van der Waals surface area contributed by atoms with Crippen LogP contribution in [0.4, 0.5) is 5.69 Å². The Kier molecular flexibility index (Phi) is 5.13. The molecule has 2 rings (SSSR count). The third-order valence-electron chi connectivity index (χ3n) is 3.35. The normalized spacial score (nSPS) is 10.6. The molecule has 0 saturated heterocycles. The number of anilines is 1. The number of benzene rings is 1. The van der Waals surface area contributed by atoms with Crippen molar-refractivity contribution in [2.24, 2.45) is 0 Å². The largest absolute Gasteiger partial charge is 0.368 e. The molecule has 3 nitrogen and oxygen atoms in total. The maximum Gasteiger partial charge on any atom is 0.0600 e. The van der Waals surface area contributed by atoms with E-state index in [9.17, 15) is 0 Å². The number of para-hydroxylation sites is 1. The summed E-state index contributed by atoms with van der Waals surface area (Å²) in [6, 6.07) is 14.7. The van der Waals surface area contributed by atoms with Gasteiger partial charge in [-0.3, -0.25) is 4.98 Å². The Hall–Kier alpha value is -1.87. The summed E-state index contributed by atoms with van der Waals surface area (Å²) < 4.78 is 0. The SMILES string of the molecule is CCNCc1cccc(CN(C)c2ccccc2C)n1. The highest BCUT2D eigenvalue weighted by molar-refractivity contribution is 5.52. The molecule has 0 unspecified atom stereocenters. The van der Waals surface area contributed by atoms with Gasteiger partial charge in [-0.1, -0.05) is 31.2 Å². The third-order valence-corrected chi connectivity index (χ3v) is 3.35. The number of nitrogens with one attached hydrogen (secondary N) is 1. The van der Waals surface area contributed by atoms with E-state index in [1.54, 1.807) is 0 Å². The summed E-state index contributed by atoms with van der Waals surface area (Å²) in [5, 5.41) is 3.31. The van der Waals surface area contributed by atoms with Gasteiger partial charge in [-0.15, -0.1) is 0 Å². The van der Waals surface area contributed by atoms with Gasteiger partial charge in [0.15, 0.2) is 0 Å². The molecular weight excluding hydrogens is 246 g/mol. The minimum atomic E-state index is 0.824. The first-order valence-corrected chi connectivity index (χ1v) is 7.13. The van der Waals surface area contributed by atoms with Gasteiger partial charge in [0.1, 0.15) is 0 Å². The van der Waals surface area contributed by atoms with E-state index in [4.69, 9.17) is 4.98 Å². The van der Waals surface area contributed by atoms with Crippen LogP contribution in [-0.2, 0) is 13.1 Å². The Labute approximate surface area is 121 Å². The molecule has 2 aromatic rings. The molecule has 0 amide bonds. The van der Waals surface area contributed by atoms with Crippen LogP contribution < -0.4 is 10.2 Å². The quantitative estimate of drug-likeness (QED) is 0.873. The summed E-state index contributed by atoms with van der Waals surface area (Å²) in [6.07, 6.45) is 0. The van der Waals surface area contributed by atoms with E-state index in [1.807, 2.05) is 0 Å². The fourth-order valence-corrected chi connectivity index (χ4v) is 2.29. The standard InChI is InChI=1S/C17H23N3/c1-4-18-12-15-9-7-10-16(19-15)13-20(3)17-11-6-5-8-14(17)2/h5-11,18H,4,12-13H2,1-3H3. The highest BCUT2D eigenvalue weighted by Crippen LogP contribution is 2.19. The third kappa shape index (κ3) is 3.81. The number of pyridine rings is 1. The maximum atomic E-state index is 4.70. The van der Waals surface area contributed by atoms with Crippen LogP contribution in [0.1, 0.15) is 23.9 Å². The summed E-state index contributed by atoms with van der Waals surface area (Å²) in [7, 11) is 2.11. The van der Waals surface area contributed by atoms with Crippen LogP contribution in [0.3, 0.4) is 0 Å². The van der Waals surface area contributed by atoms with E-state index in [0.717, 1.165) is 31.0 Å². The molecule has 0 radical (unpaired) electrons. The van der Waals surface area contributed by atoms with Crippen molar-refractivity contribution in [3.8, 4) is 0 Å². The minimum absolute atomic E-state index is 0.824. The average Bonchev–Trinajstić information content (AvgIpc) is 2.46. The molecule has 1 aromatic carbocycles. The predicted molar refractivity (Wildman–Crippen MR) is 84.9 cm³/mol. The van der Waals surface area contributed by atoms with Crippen molar-refractivity contribution < 1.29 is 0 Å². The first kappa shape index (κ1) is 14.5. The number of hydrogen-bond donors (Lipinski definition) is 1. The average molecular weight is 269 g/mol. The second-order valence-corrected chi connectivity index (χ2v) is 5.04. The summed E-state index contributed by atoms with van der Waals surface area (Å²) >= 11 is 0. The van der Waals surface area contributed by atoms with E-state index in [2.05, 4.69) is 73.6 Å². The molecule has 1 N–H and O–H groups in total. The van der Waals surface area contributed by atoms with Crippen LogP contribution in [0, 0.1) is 6.92 Å². The van der Waals surface area contributed by atoms with E-state index < -0.39 is 0 Å². The fourth-order valence-electron chi connectivity index (χ4n) is 2.29. The van der Waals surface area contributed by atoms with Crippen LogP contribution in [0.25, 0.3) is 0 Å². The Bertz CT molecular complexity index is 551. The summed E-state index contributed by atoms with van der Waals surface area (Å²) in [4.78, 5) is 6.95. The van der Waals surface area contributed by atoms with Crippen LogP contribution in [0.5, 0.6) is 0 Å². The lowest BCUT2D eigenvalue weighted by molar-refractivity contribution is 0.704. The zero-order valence-corrected chi connectivity index (χ0v) is 12.6. The molecule has 106 valence electrons. The molecule has 0 aliphatic rings. The van der Waals surface area contributed by atoms with E-state index in [0.29, 0.717) is 0 Å². The minimum Gasteiger partial charge on any atom is -0.368 e. The maximum absolute atomic E-state index is 4.70. The lowest BCUT2D eigenvalue weighted by Gasteiger charge is -2.21. The van der Waals surface area contributed by atoms with Crippen molar-refractivity contribution in [1.82, 2.24) is 10.3 Å². The van der Waals surface area contributed by atoms with Gasteiger partial charge in [-0.25, -0.2) is 0 Å². The molecule has 0 aliphatic carbocycles. The van der Waals surface area contributed by atoms with Crippen LogP contribution >= 0.6 is 0 Å². The van der Waals surface area contributed by atoms with Gasteiger partial charge in [0.25, 0.3) is 0 Å². The van der Waals surface area contributed by atoms with Crippen molar-refractivity contribution in [2.45, 2.75) is 26.9 Å². The first-order chi connectivity index (χ1) is 9.70. The highest BCUT2D eigenvalue weighted by Gasteiger charge is 2.06. The summed E-state index contributed by atoms with van der Waals surface area (Å²) in [5.74, 6) is 0. The summed E-state index contributed by atoms with van der Waals surface area (Å²) in [5.41, 5.74) is 4.75. The Balaban J connectivity index is 2.08. The lowest BCUT2D eigenvalue weighted by atomic mass is 10.2. The zero-order valence-electron chi connectivity index (χ0n) is 12.6. The van der Waals surface area contributed by atoms with E-state index in [1.165, 1.54) is 11.3 Å². The smallest absolute Gasteiger partial charge is 0.0600 e. The van der Waals surface area contributed by atoms with Crippen molar-refractivity contribution in [1.29, 1.82) is 0 Å². The lowest BCUT2D eigenvalue weighted by Crippen LogP contribution is -2.19. The van der Waals surface area contributed by atoms with Crippen molar-refractivity contribution >= 4 is 5.69 Å². The Morgan fingerprint density at radius 2 is 1.80 bits per heavy atom. The molecule has 20 heavy (non-hydrogen) atoms. The van der Waals surface area contributed by atoms with Gasteiger partial charge in [0.2, 0.25) is 0 Å². The number of aromatic nitrogens is 1. The molecule has 0 bridgehead atoms. The molecule has 0 spiro atoms. The van der Waals surface area contributed by atoms with Crippen LogP contribution in [-0.4, -0.2) is 18.6 Å². The zero-order chi connectivity index (χ0) is 14.4. The van der Waals surface area contributed by atoms with Gasteiger partial charge in [0, 0.05) is 19.3 Å². The molecule has 1 aromatic heterocycles. The fraction of sp³-hybridized carbons (Fsp3) is 0.353. The first-order valence-electron chi connectivity index (χ1n) is 7.13. The van der Waals surface area contributed by atoms with Crippen molar-refractivity contribution in [3.63, 3.8) is 0 Å². The monoisotopic (exact) mass is 269 g/mol. The van der Waals surface area contributed by atoms with Gasteiger partial charge >= 0.3 is 0 Å². The second-order valence-electron chi connectivity index (χ2n) is 5.04. The number of aryl methyl sites for hydroxylation is 1. The molecule has 0 fully saturated rings. The molecule has 3 heteroatoms. The number of hydrogen-bond acceptors (Lipinski definition) is 3. The second kappa shape index (κ2) is 7.06. The Morgan fingerprint density at radius 3 is 2.55 bits per heavy atom. The van der Waals surface area contributed by atoms with Gasteiger partial charge in [-0.2, -0.15) is 0 Å². The van der Waals surface area contributed by atoms with Crippen molar-refractivity contribution in [2.75, 3.05) is 18.5 Å². The van der Waals surface area contributed by atoms with Crippen molar-refractivity contribution in [3.05, 3.63) is 59.4 Å². The Morgan fingerprint density at radius 1 is 1.05 bits per heavy atom. The molecule has 1 heterocycles. The number of rotatable bonds is 6. The van der Waals surface area contributed by atoms with Gasteiger partial charge < -0.3 is 10.2 Å². The predicted octanol–water partition coefficient (Wildman–Crippen LogP) is 3.14. The number of nitrogens with zero attached hydrogens (tertiary/aromatic N) is 2. The molecular formula is C17H23N3. The van der Waals surface area contributed by atoms with E-state index in [-0.39, 0.29) is 0 Å². The molecule has 0 saturated carbocycles. The van der Waals surface area contributed by atoms with Gasteiger partial charge in [-0.05, 0) is 37.2 Å². The van der Waals surface area contributed by atoms with Crippen LogP contribution in [0.2, 0.25) is 0 Å². The van der Waals surface area contributed by atoms with Crippen LogP contribution in [0.15, 0.2) is 42.5 Å².